The van der Waals surface area contributed by atoms with Crippen molar-refractivity contribution in [2.24, 2.45) is 0 Å². The molecule has 0 atom stereocenters. The normalized spacial score (nSPS) is 10.8. The highest BCUT2D eigenvalue weighted by Crippen LogP contribution is 2.35. The number of phenolic OH excluding ortho intramolecular Hbond substituents is 1. The van der Waals surface area contributed by atoms with E-state index in [0.717, 1.165) is 3.57 Å². The van der Waals surface area contributed by atoms with E-state index in [1.807, 2.05) is 18.2 Å². The predicted octanol–water partition coefficient (Wildman–Crippen LogP) is 4.31. The molecule has 0 saturated carbocycles. The number of methoxy groups -OCH3 is 1. The number of phenols is 1. The minimum absolute atomic E-state index is 0.0449. The van der Waals surface area contributed by atoms with Gasteiger partial charge in [0.15, 0.2) is 11.5 Å². The number of halogens is 2. The third-order valence-corrected chi connectivity index (χ3v) is 4.37. The highest BCUT2D eigenvalue weighted by Gasteiger charge is 2.12. The number of benzene rings is 2. The number of nitrogens with zero attached hydrogens (tertiary/aromatic N) is 1. The van der Waals surface area contributed by atoms with Crippen LogP contribution in [0, 0.1) is 14.9 Å². The van der Waals surface area contributed by atoms with Crippen LogP contribution < -0.4 is 10.1 Å². The van der Waals surface area contributed by atoms with Gasteiger partial charge in [-0.25, -0.2) is 0 Å². The molecule has 24 heavy (non-hydrogen) atoms. The summed E-state index contributed by atoms with van der Waals surface area (Å²) in [6, 6.07) is 12.2. The molecule has 0 radical (unpaired) electrons. The molecule has 0 aromatic heterocycles. The Morgan fingerprint density at radius 1 is 1.38 bits per heavy atom. The molecule has 2 rings (SSSR count). The summed E-state index contributed by atoms with van der Waals surface area (Å²) >= 11 is 5.37. The highest BCUT2D eigenvalue weighted by atomic mass is 127. The maximum atomic E-state index is 12.2. The number of amides is 1. The Labute approximate surface area is 161 Å². The number of aromatic hydroxyl groups is 1. The molecule has 0 fully saturated rings. The largest absolute Gasteiger partial charge is 0.503 e. The minimum Gasteiger partial charge on any atom is -0.503 e. The van der Waals surface area contributed by atoms with Crippen LogP contribution in [-0.4, -0.2) is 18.1 Å². The van der Waals surface area contributed by atoms with Crippen molar-refractivity contribution in [1.82, 2.24) is 0 Å². The van der Waals surface area contributed by atoms with Gasteiger partial charge in [-0.3, -0.25) is 4.79 Å². The van der Waals surface area contributed by atoms with Crippen molar-refractivity contribution in [1.29, 1.82) is 5.26 Å². The number of ether oxygens (including phenoxy) is 1. The Hall–Kier alpha value is -2.05. The lowest BCUT2D eigenvalue weighted by Gasteiger charge is -2.07. The second-order valence-corrected chi connectivity index (χ2v) is 6.78. The van der Waals surface area contributed by atoms with Crippen molar-refractivity contribution in [3.8, 4) is 17.6 Å². The van der Waals surface area contributed by atoms with E-state index in [9.17, 15) is 15.2 Å². The zero-order valence-corrected chi connectivity index (χ0v) is 16.3. The summed E-state index contributed by atoms with van der Waals surface area (Å²) in [5.41, 5.74) is 1.09. The zero-order valence-electron chi connectivity index (χ0n) is 12.5. The van der Waals surface area contributed by atoms with Gasteiger partial charge in [0.25, 0.3) is 5.91 Å². The second kappa shape index (κ2) is 8.17. The number of carbonyl (C=O) groups excluding carboxylic acids is 1. The topological polar surface area (TPSA) is 82.3 Å². The molecule has 0 aliphatic carbocycles. The fourth-order valence-corrected chi connectivity index (χ4v) is 2.70. The van der Waals surface area contributed by atoms with Gasteiger partial charge in [0.1, 0.15) is 11.6 Å². The van der Waals surface area contributed by atoms with Crippen molar-refractivity contribution >= 4 is 56.2 Å². The predicted molar refractivity (Wildman–Crippen MR) is 104 cm³/mol. The van der Waals surface area contributed by atoms with Crippen molar-refractivity contribution < 1.29 is 14.6 Å². The summed E-state index contributed by atoms with van der Waals surface area (Å²) in [7, 11) is 1.42. The number of nitriles is 1. The lowest BCUT2D eigenvalue weighted by atomic mass is 10.1. The average Bonchev–Trinajstić information content (AvgIpc) is 2.57. The van der Waals surface area contributed by atoms with E-state index in [0.29, 0.717) is 15.7 Å². The maximum Gasteiger partial charge on any atom is 0.266 e. The van der Waals surface area contributed by atoms with Crippen LogP contribution in [0.5, 0.6) is 11.5 Å². The van der Waals surface area contributed by atoms with Gasteiger partial charge >= 0.3 is 0 Å². The number of hydrogen-bond donors (Lipinski definition) is 2. The van der Waals surface area contributed by atoms with Crippen LogP contribution in [0.1, 0.15) is 5.56 Å². The molecule has 0 spiro atoms. The van der Waals surface area contributed by atoms with Gasteiger partial charge in [-0.1, -0.05) is 0 Å². The van der Waals surface area contributed by atoms with Gasteiger partial charge in [0.2, 0.25) is 0 Å². The van der Waals surface area contributed by atoms with E-state index in [-0.39, 0.29) is 17.1 Å². The minimum atomic E-state index is -0.512. The van der Waals surface area contributed by atoms with E-state index < -0.39 is 5.91 Å². The third kappa shape index (κ3) is 4.49. The summed E-state index contributed by atoms with van der Waals surface area (Å²) in [4.78, 5) is 12.2. The van der Waals surface area contributed by atoms with Gasteiger partial charge in [-0.2, -0.15) is 5.26 Å². The van der Waals surface area contributed by atoms with Crippen LogP contribution in [0.15, 0.2) is 46.4 Å². The molecule has 122 valence electrons. The Morgan fingerprint density at radius 3 is 2.62 bits per heavy atom. The molecule has 0 aliphatic rings. The summed E-state index contributed by atoms with van der Waals surface area (Å²) in [6.45, 7) is 0. The quantitative estimate of drug-likeness (QED) is 0.374. The summed E-state index contributed by atoms with van der Waals surface area (Å²) in [6.07, 6.45) is 1.43. The summed E-state index contributed by atoms with van der Waals surface area (Å²) in [5, 5.41) is 21.7. The van der Waals surface area contributed by atoms with E-state index in [4.69, 9.17) is 4.74 Å². The first-order valence-electron chi connectivity index (χ1n) is 6.70. The van der Waals surface area contributed by atoms with E-state index in [1.165, 1.54) is 19.3 Å². The first-order valence-corrected chi connectivity index (χ1v) is 8.57. The Morgan fingerprint density at radius 2 is 2.04 bits per heavy atom. The number of nitrogens with one attached hydrogen (secondary N) is 1. The van der Waals surface area contributed by atoms with Gasteiger partial charge in [-0.15, -0.1) is 0 Å². The average molecular weight is 499 g/mol. The van der Waals surface area contributed by atoms with Crippen LogP contribution in [0.3, 0.4) is 0 Å². The van der Waals surface area contributed by atoms with E-state index in [1.54, 1.807) is 18.2 Å². The lowest BCUT2D eigenvalue weighted by Crippen LogP contribution is -2.13. The van der Waals surface area contributed by atoms with Crippen LogP contribution in [0.2, 0.25) is 0 Å². The fourth-order valence-electron chi connectivity index (χ4n) is 1.88. The standard InChI is InChI=1S/C17H12BrIN2O3/c1-24-15-8-10(7-14(18)16(15)22)6-11(9-20)17(23)21-13-4-2-12(19)3-5-13/h2-8,22H,1H3,(H,21,23)/b11-6-. The zero-order chi connectivity index (χ0) is 17.7. The van der Waals surface area contributed by atoms with Crippen LogP contribution in [0.25, 0.3) is 6.08 Å². The van der Waals surface area contributed by atoms with Crippen molar-refractivity contribution in [3.05, 3.63) is 55.6 Å². The molecule has 0 saturated heterocycles. The summed E-state index contributed by atoms with van der Waals surface area (Å²) in [5.74, 6) is -0.315. The van der Waals surface area contributed by atoms with Gasteiger partial charge in [0.05, 0.1) is 11.6 Å². The van der Waals surface area contributed by atoms with E-state index in [2.05, 4.69) is 43.8 Å². The molecule has 0 aliphatic heterocycles. The molecule has 0 unspecified atom stereocenters. The molecule has 0 bridgehead atoms. The van der Waals surface area contributed by atoms with Gasteiger partial charge in [0, 0.05) is 9.26 Å². The number of hydrogen-bond acceptors (Lipinski definition) is 4. The van der Waals surface area contributed by atoms with Crippen molar-refractivity contribution in [2.45, 2.75) is 0 Å². The monoisotopic (exact) mass is 498 g/mol. The molecule has 0 heterocycles. The molecule has 7 heteroatoms. The molecular formula is C17H12BrIN2O3. The maximum absolute atomic E-state index is 12.2. The molecule has 2 N–H and O–H groups in total. The lowest BCUT2D eigenvalue weighted by molar-refractivity contribution is -0.112. The Balaban J connectivity index is 2.29. The van der Waals surface area contributed by atoms with Crippen molar-refractivity contribution in [2.75, 3.05) is 12.4 Å². The first kappa shape index (κ1) is 18.3. The summed E-state index contributed by atoms with van der Waals surface area (Å²) < 4.78 is 6.51. The van der Waals surface area contributed by atoms with E-state index >= 15 is 0 Å². The Kier molecular flexibility index (Phi) is 6.23. The number of rotatable bonds is 4. The molecule has 1 amide bonds. The molecule has 2 aromatic carbocycles. The van der Waals surface area contributed by atoms with Gasteiger partial charge in [-0.05, 0) is 86.6 Å². The highest BCUT2D eigenvalue weighted by molar-refractivity contribution is 14.1. The molecule has 5 nitrogen and oxygen atoms in total. The van der Waals surface area contributed by atoms with Crippen molar-refractivity contribution in [3.63, 3.8) is 0 Å². The van der Waals surface area contributed by atoms with Crippen LogP contribution >= 0.6 is 38.5 Å². The van der Waals surface area contributed by atoms with Crippen LogP contribution in [-0.2, 0) is 4.79 Å². The molecular weight excluding hydrogens is 487 g/mol. The van der Waals surface area contributed by atoms with Gasteiger partial charge < -0.3 is 15.2 Å². The Bertz CT molecular complexity index is 842. The number of carbonyl (C=O) groups is 1. The second-order valence-electron chi connectivity index (χ2n) is 4.68. The SMILES string of the molecule is COc1cc(/C=C(/C#N)C(=O)Nc2ccc(I)cc2)cc(Br)c1O. The number of anilines is 1. The molecule has 2 aromatic rings. The smallest absolute Gasteiger partial charge is 0.266 e. The third-order valence-electron chi connectivity index (χ3n) is 3.05. The fraction of sp³-hybridized carbons (Fsp3) is 0.0588. The van der Waals surface area contributed by atoms with Crippen LogP contribution in [0.4, 0.5) is 5.69 Å². The first-order chi connectivity index (χ1) is 11.4.